The van der Waals surface area contributed by atoms with Crippen molar-refractivity contribution in [3.63, 3.8) is 0 Å². The van der Waals surface area contributed by atoms with E-state index < -0.39 is 0 Å². The maximum absolute atomic E-state index is 2.45. The number of benzene rings is 3. The van der Waals surface area contributed by atoms with Crippen LogP contribution in [0.25, 0.3) is 28.2 Å². The number of hydrogen-bond donors (Lipinski definition) is 0. The number of nitrogens with zero attached hydrogens (tertiary/aromatic N) is 3. The zero-order chi connectivity index (χ0) is 25.1. The molecular formula is C32H34N3S+. The summed E-state index contributed by atoms with van der Waals surface area (Å²) in [4.78, 5) is 6.02. The third-order valence-corrected chi connectivity index (χ3v) is 8.25. The van der Waals surface area contributed by atoms with Gasteiger partial charge in [-0.1, -0.05) is 74.2 Å². The molecule has 1 aliphatic rings. The van der Waals surface area contributed by atoms with Gasteiger partial charge in [0.25, 0.3) is 0 Å². The van der Waals surface area contributed by atoms with Crippen molar-refractivity contribution in [1.82, 2.24) is 4.90 Å². The van der Waals surface area contributed by atoms with Gasteiger partial charge in [0.2, 0.25) is 11.2 Å². The van der Waals surface area contributed by atoms with Crippen molar-refractivity contribution in [2.45, 2.75) is 25.3 Å². The van der Waals surface area contributed by atoms with Crippen LogP contribution in [-0.2, 0) is 13.6 Å². The Bertz CT molecular complexity index is 1430. The van der Waals surface area contributed by atoms with Crippen LogP contribution in [0.4, 0.5) is 5.69 Å². The Morgan fingerprint density at radius 2 is 1.64 bits per heavy atom. The van der Waals surface area contributed by atoms with Crippen molar-refractivity contribution in [3.05, 3.63) is 107 Å². The Labute approximate surface area is 219 Å². The molecule has 0 saturated heterocycles. The molecule has 5 rings (SSSR count). The first-order valence-electron chi connectivity index (χ1n) is 12.7. The summed E-state index contributed by atoms with van der Waals surface area (Å²) in [5.74, 6) is 0. The number of pyridine rings is 1. The van der Waals surface area contributed by atoms with Crippen molar-refractivity contribution < 1.29 is 4.57 Å². The number of rotatable bonds is 7. The van der Waals surface area contributed by atoms with Crippen LogP contribution in [0.3, 0.4) is 0 Å². The molecule has 36 heavy (non-hydrogen) atoms. The average Bonchev–Trinajstić information content (AvgIpc) is 3.24. The van der Waals surface area contributed by atoms with Crippen LogP contribution in [0.5, 0.6) is 0 Å². The molecule has 0 saturated carbocycles. The first-order valence-corrected chi connectivity index (χ1v) is 13.5. The molecule has 0 bridgehead atoms. The molecule has 4 aromatic rings. The monoisotopic (exact) mass is 492 g/mol. The second kappa shape index (κ2) is 10.7. The molecule has 0 fully saturated rings. The van der Waals surface area contributed by atoms with Gasteiger partial charge in [-0.05, 0) is 60.6 Å². The molecule has 1 aliphatic heterocycles. The minimum Gasteiger partial charge on any atom is -0.338 e. The molecule has 2 heterocycles. The number of hydrogen-bond acceptors (Lipinski definition) is 3. The number of aryl methyl sites for hydroxylation is 1. The van der Waals surface area contributed by atoms with Gasteiger partial charge in [-0.3, -0.25) is 4.90 Å². The number of para-hydroxylation sites is 2. The highest BCUT2D eigenvalue weighted by molar-refractivity contribution is 8.03. The predicted octanol–water partition coefficient (Wildman–Crippen LogP) is 7.27. The Kier molecular flexibility index (Phi) is 7.26. The van der Waals surface area contributed by atoms with Crippen LogP contribution in [0.1, 0.15) is 25.0 Å². The van der Waals surface area contributed by atoms with E-state index >= 15 is 0 Å². The molecule has 0 spiro atoms. The lowest BCUT2D eigenvalue weighted by Gasteiger charge is -2.18. The highest BCUT2D eigenvalue weighted by Gasteiger charge is 2.20. The van der Waals surface area contributed by atoms with Crippen LogP contribution < -0.4 is 9.47 Å². The quantitative estimate of drug-likeness (QED) is 0.251. The summed E-state index contributed by atoms with van der Waals surface area (Å²) in [6.07, 6.45) is 6.64. The van der Waals surface area contributed by atoms with E-state index in [1.807, 2.05) is 11.8 Å². The number of thioether (sulfide) groups is 1. The number of aromatic nitrogens is 1. The minimum atomic E-state index is 0.996. The van der Waals surface area contributed by atoms with Gasteiger partial charge in [-0.2, -0.15) is 4.57 Å². The lowest BCUT2D eigenvalue weighted by Crippen LogP contribution is -2.32. The maximum atomic E-state index is 2.45. The summed E-state index contributed by atoms with van der Waals surface area (Å²) < 4.78 is 2.31. The molecule has 0 radical (unpaired) electrons. The number of fused-ring (bicyclic) bond motifs is 2. The van der Waals surface area contributed by atoms with Crippen LogP contribution >= 0.6 is 11.8 Å². The van der Waals surface area contributed by atoms with E-state index in [1.165, 1.54) is 48.9 Å². The predicted molar refractivity (Wildman–Crippen MR) is 155 cm³/mol. The third-order valence-electron chi connectivity index (χ3n) is 7.07. The standard InChI is InChI=1S/C32H34N3S/c1-5-35(6-2)23-24-18-20-25(21-19-24)30-22-26(27-13-7-8-14-28(27)33(30)3)12-11-17-32-34(4)29-15-9-10-16-31(29)36-32/h7-22H,5-6,23H2,1-4H3/q+1. The van der Waals surface area contributed by atoms with Crippen molar-refractivity contribution in [2.75, 3.05) is 25.0 Å². The van der Waals surface area contributed by atoms with E-state index in [0.29, 0.717) is 0 Å². The number of allylic oxidation sites excluding steroid dienone is 2. The van der Waals surface area contributed by atoms with Gasteiger partial charge in [-0.25, -0.2) is 0 Å². The Hall–Kier alpha value is -3.34. The first kappa shape index (κ1) is 24.4. The zero-order valence-electron chi connectivity index (χ0n) is 21.6. The Balaban J connectivity index is 1.48. The van der Waals surface area contributed by atoms with Crippen LogP contribution in [0.15, 0.2) is 101 Å². The second-order valence-electron chi connectivity index (χ2n) is 9.21. The first-order chi connectivity index (χ1) is 17.6. The van der Waals surface area contributed by atoms with Gasteiger partial charge in [-0.15, -0.1) is 0 Å². The Morgan fingerprint density at radius 1 is 0.917 bits per heavy atom. The van der Waals surface area contributed by atoms with Gasteiger partial charge in [0.1, 0.15) is 7.05 Å². The normalized spacial score (nSPS) is 14.5. The molecule has 3 nitrogen and oxygen atoms in total. The highest BCUT2D eigenvalue weighted by Crippen LogP contribution is 2.44. The smallest absolute Gasteiger partial charge is 0.213 e. The summed E-state index contributed by atoms with van der Waals surface area (Å²) in [7, 11) is 4.30. The lowest BCUT2D eigenvalue weighted by molar-refractivity contribution is -0.633. The van der Waals surface area contributed by atoms with E-state index in [2.05, 4.69) is 139 Å². The summed E-state index contributed by atoms with van der Waals surface area (Å²) in [5, 5.41) is 2.49. The SMILES string of the molecule is CCN(CC)Cc1ccc(-c2cc(/C=C/C=C3/Sc4ccccc4N3C)c3ccccc3[n+]2C)cc1. The van der Waals surface area contributed by atoms with Gasteiger partial charge >= 0.3 is 0 Å². The van der Waals surface area contributed by atoms with E-state index in [-0.39, 0.29) is 0 Å². The summed E-state index contributed by atoms with van der Waals surface area (Å²) >= 11 is 1.82. The fourth-order valence-electron chi connectivity index (χ4n) is 4.86. The summed E-state index contributed by atoms with van der Waals surface area (Å²) in [6, 6.07) is 28.6. The van der Waals surface area contributed by atoms with Crippen molar-refractivity contribution in [1.29, 1.82) is 0 Å². The molecule has 0 amide bonds. The fraction of sp³-hybridized carbons (Fsp3) is 0.219. The van der Waals surface area contributed by atoms with Gasteiger partial charge in [0.05, 0.1) is 16.1 Å². The molecule has 0 atom stereocenters. The van der Waals surface area contributed by atoms with Crippen molar-refractivity contribution >= 4 is 34.4 Å². The summed E-state index contributed by atoms with van der Waals surface area (Å²) in [6.45, 7) is 7.59. The van der Waals surface area contributed by atoms with E-state index in [1.54, 1.807) is 0 Å². The average molecular weight is 493 g/mol. The second-order valence-corrected chi connectivity index (χ2v) is 10.3. The maximum Gasteiger partial charge on any atom is 0.213 e. The van der Waals surface area contributed by atoms with Crippen molar-refractivity contribution in [2.24, 2.45) is 7.05 Å². The molecule has 0 N–H and O–H groups in total. The fourth-order valence-corrected chi connectivity index (χ4v) is 5.93. The molecule has 182 valence electrons. The highest BCUT2D eigenvalue weighted by atomic mass is 32.2. The van der Waals surface area contributed by atoms with Crippen LogP contribution in [0.2, 0.25) is 0 Å². The van der Waals surface area contributed by atoms with Gasteiger partial charge < -0.3 is 4.90 Å². The topological polar surface area (TPSA) is 10.4 Å². The minimum absolute atomic E-state index is 0.996. The van der Waals surface area contributed by atoms with E-state index in [4.69, 9.17) is 0 Å². The lowest BCUT2D eigenvalue weighted by atomic mass is 10.0. The molecule has 4 heteroatoms. The van der Waals surface area contributed by atoms with Gasteiger partial charge in [0.15, 0.2) is 0 Å². The zero-order valence-corrected chi connectivity index (χ0v) is 22.4. The van der Waals surface area contributed by atoms with Gasteiger partial charge in [0, 0.05) is 36.2 Å². The molecule has 0 aliphatic carbocycles. The Morgan fingerprint density at radius 3 is 2.39 bits per heavy atom. The van der Waals surface area contributed by atoms with Crippen LogP contribution in [-0.4, -0.2) is 25.0 Å². The molecule has 1 aromatic heterocycles. The van der Waals surface area contributed by atoms with E-state index in [9.17, 15) is 0 Å². The summed E-state index contributed by atoms with van der Waals surface area (Å²) in [5.41, 5.74) is 7.54. The third kappa shape index (κ3) is 4.84. The molecule has 3 aromatic carbocycles. The molecular weight excluding hydrogens is 458 g/mol. The number of anilines is 1. The van der Waals surface area contributed by atoms with Crippen LogP contribution in [0, 0.1) is 0 Å². The van der Waals surface area contributed by atoms with E-state index in [0.717, 1.165) is 19.6 Å². The largest absolute Gasteiger partial charge is 0.338 e. The van der Waals surface area contributed by atoms with Crippen molar-refractivity contribution in [3.8, 4) is 11.3 Å². The molecule has 0 unspecified atom stereocenters.